The first-order chi connectivity index (χ1) is 4.74. The van der Waals surface area contributed by atoms with E-state index in [1.165, 1.54) is 5.57 Å². The van der Waals surface area contributed by atoms with E-state index in [1.807, 2.05) is 0 Å². The van der Waals surface area contributed by atoms with E-state index < -0.39 is 6.17 Å². The predicted octanol–water partition coefficient (Wildman–Crippen LogP) is 3.09. The summed E-state index contributed by atoms with van der Waals surface area (Å²) in [7, 11) is 0. The zero-order valence-corrected chi connectivity index (χ0v) is 6.57. The Bertz CT molecular complexity index is 129. The molecule has 58 valence electrons. The van der Waals surface area contributed by atoms with Crippen LogP contribution in [0.4, 0.5) is 4.39 Å². The summed E-state index contributed by atoms with van der Waals surface area (Å²) in [5.74, 6) is 0.462. The van der Waals surface area contributed by atoms with Gasteiger partial charge in [0, 0.05) is 0 Å². The van der Waals surface area contributed by atoms with Gasteiger partial charge < -0.3 is 0 Å². The summed E-state index contributed by atoms with van der Waals surface area (Å²) in [6, 6.07) is 0. The van der Waals surface area contributed by atoms with E-state index in [0.717, 1.165) is 19.3 Å². The summed E-state index contributed by atoms with van der Waals surface area (Å²) < 4.78 is 12.8. The lowest BCUT2D eigenvalue weighted by Gasteiger charge is -2.25. The molecule has 1 aliphatic rings. The van der Waals surface area contributed by atoms with Gasteiger partial charge in [0.25, 0.3) is 0 Å². The van der Waals surface area contributed by atoms with Crippen molar-refractivity contribution in [2.45, 2.75) is 38.8 Å². The van der Waals surface area contributed by atoms with Crippen LogP contribution < -0.4 is 0 Å². The number of halogens is 1. The van der Waals surface area contributed by atoms with Gasteiger partial charge in [0.15, 0.2) is 0 Å². The molecule has 0 aromatic rings. The van der Waals surface area contributed by atoms with Crippen molar-refractivity contribution in [2.24, 2.45) is 5.92 Å². The van der Waals surface area contributed by atoms with Crippen LogP contribution in [0, 0.1) is 5.92 Å². The molecule has 2 atom stereocenters. The van der Waals surface area contributed by atoms with Crippen molar-refractivity contribution in [3.8, 4) is 0 Å². The van der Waals surface area contributed by atoms with E-state index in [0.29, 0.717) is 12.3 Å². The van der Waals surface area contributed by atoms with Crippen LogP contribution in [0.3, 0.4) is 0 Å². The average molecular weight is 142 g/mol. The zero-order chi connectivity index (χ0) is 7.56. The van der Waals surface area contributed by atoms with Crippen molar-refractivity contribution in [1.82, 2.24) is 0 Å². The molecule has 0 N–H and O–H groups in total. The molecule has 1 heteroatoms. The van der Waals surface area contributed by atoms with Gasteiger partial charge in [-0.2, -0.15) is 0 Å². The minimum Gasteiger partial charge on any atom is -0.247 e. The SMILES string of the molecule is C=C1CCC(F)CC1CC. The monoisotopic (exact) mass is 142 g/mol. The van der Waals surface area contributed by atoms with Gasteiger partial charge in [-0.1, -0.05) is 19.1 Å². The molecule has 0 amide bonds. The highest BCUT2D eigenvalue weighted by Gasteiger charge is 2.22. The zero-order valence-electron chi connectivity index (χ0n) is 6.57. The first kappa shape index (κ1) is 7.77. The Kier molecular flexibility index (Phi) is 2.47. The molecule has 0 bridgehead atoms. The lowest BCUT2D eigenvalue weighted by atomic mass is 9.83. The van der Waals surface area contributed by atoms with Crippen LogP contribution in [-0.4, -0.2) is 6.17 Å². The van der Waals surface area contributed by atoms with Crippen LogP contribution in [0.15, 0.2) is 12.2 Å². The number of alkyl halides is 1. The third kappa shape index (κ3) is 1.59. The molecule has 0 heterocycles. The largest absolute Gasteiger partial charge is 0.247 e. The Morgan fingerprint density at radius 3 is 2.90 bits per heavy atom. The molecule has 0 radical (unpaired) electrons. The molecule has 2 unspecified atom stereocenters. The molecule has 0 aromatic carbocycles. The van der Waals surface area contributed by atoms with Crippen molar-refractivity contribution in [3.05, 3.63) is 12.2 Å². The molecule has 1 saturated carbocycles. The van der Waals surface area contributed by atoms with Crippen LogP contribution in [0.1, 0.15) is 32.6 Å². The minimum atomic E-state index is -0.560. The Hall–Kier alpha value is -0.330. The molecular formula is C9H15F. The highest BCUT2D eigenvalue weighted by Crippen LogP contribution is 2.31. The summed E-state index contributed by atoms with van der Waals surface area (Å²) in [5.41, 5.74) is 1.26. The van der Waals surface area contributed by atoms with Gasteiger partial charge in [0.2, 0.25) is 0 Å². The van der Waals surface area contributed by atoms with Crippen LogP contribution in [0.5, 0.6) is 0 Å². The summed E-state index contributed by atoms with van der Waals surface area (Å²) in [5, 5.41) is 0. The maximum Gasteiger partial charge on any atom is 0.101 e. The van der Waals surface area contributed by atoms with Gasteiger partial charge in [-0.05, 0) is 31.6 Å². The first-order valence-corrected chi connectivity index (χ1v) is 4.05. The van der Waals surface area contributed by atoms with E-state index in [-0.39, 0.29) is 0 Å². The molecule has 0 nitrogen and oxygen atoms in total. The highest BCUT2D eigenvalue weighted by atomic mass is 19.1. The molecule has 1 fully saturated rings. The number of rotatable bonds is 1. The van der Waals surface area contributed by atoms with Gasteiger partial charge >= 0.3 is 0 Å². The van der Waals surface area contributed by atoms with Crippen molar-refractivity contribution < 1.29 is 4.39 Å². The van der Waals surface area contributed by atoms with E-state index in [9.17, 15) is 4.39 Å². The molecule has 10 heavy (non-hydrogen) atoms. The van der Waals surface area contributed by atoms with Crippen molar-refractivity contribution in [2.75, 3.05) is 0 Å². The van der Waals surface area contributed by atoms with Crippen LogP contribution in [-0.2, 0) is 0 Å². The fraction of sp³-hybridized carbons (Fsp3) is 0.778. The lowest BCUT2D eigenvalue weighted by molar-refractivity contribution is 0.234. The first-order valence-electron chi connectivity index (χ1n) is 4.05. The molecule has 1 aliphatic carbocycles. The number of hydrogen-bond donors (Lipinski definition) is 0. The summed E-state index contributed by atoms with van der Waals surface area (Å²) in [6.45, 7) is 6.04. The molecule has 0 spiro atoms. The Balaban J connectivity index is 2.45. The van der Waals surface area contributed by atoms with Crippen molar-refractivity contribution >= 4 is 0 Å². The average Bonchev–Trinajstić information content (AvgIpc) is 1.94. The number of allylic oxidation sites excluding steroid dienone is 1. The lowest BCUT2D eigenvalue weighted by Crippen LogP contribution is -2.17. The maximum absolute atomic E-state index is 12.8. The fourth-order valence-corrected chi connectivity index (χ4v) is 1.59. The molecule has 1 rings (SSSR count). The van der Waals surface area contributed by atoms with Gasteiger partial charge in [-0.3, -0.25) is 0 Å². The smallest absolute Gasteiger partial charge is 0.101 e. The maximum atomic E-state index is 12.8. The van der Waals surface area contributed by atoms with Gasteiger partial charge in [-0.15, -0.1) is 0 Å². The van der Waals surface area contributed by atoms with Crippen LogP contribution in [0.25, 0.3) is 0 Å². The highest BCUT2D eigenvalue weighted by molar-refractivity contribution is 5.04. The Morgan fingerprint density at radius 2 is 2.40 bits per heavy atom. The van der Waals surface area contributed by atoms with Gasteiger partial charge in [-0.25, -0.2) is 4.39 Å². The molecule has 0 aromatic heterocycles. The molecule has 0 aliphatic heterocycles. The Morgan fingerprint density at radius 1 is 1.70 bits per heavy atom. The standard InChI is InChI=1S/C9H15F/c1-3-8-6-9(10)5-4-7(8)2/h8-9H,2-6H2,1H3. The van der Waals surface area contributed by atoms with Crippen LogP contribution >= 0.6 is 0 Å². The predicted molar refractivity (Wildman–Crippen MR) is 41.7 cm³/mol. The van der Waals surface area contributed by atoms with Crippen LogP contribution in [0.2, 0.25) is 0 Å². The Labute approximate surface area is 62.1 Å². The minimum absolute atomic E-state index is 0.462. The second-order valence-corrected chi connectivity index (χ2v) is 3.14. The normalized spacial score (nSPS) is 34.4. The topological polar surface area (TPSA) is 0 Å². The third-order valence-electron chi connectivity index (χ3n) is 2.39. The summed E-state index contributed by atoms with van der Waals surface area (Å²) in [6.07, 6.45) is 2.82. The van der Waals surface area contributed by atoms with Gasteiger partial charge in [0.05, 0.1) is 0 Å². The second kappa shape index (κ2) is 3.18. The summed E-state index contributed by atoms with van der Waals surface area (Å²) in [4.78, 5) is 0. The quantitative estimate of drug-likeness (QED) is 0.493. The van der Waals surface area contributed by atoms with Gasteiger partial charge in [0.1, 0.15) is 6.17 Å². The van der Waals surface area contributed by atoms with Crippen molar-refractivity contribution in [1.29, 1.82) is 0 Å². The van der Waals surface area contributed by atoms with E-state index in [1.54, 1.807) is 0 Å². The van der Waals surface area contributed by atoms with E-state index in [4.69, 9.17) is 0 Å². The summed E-state index contributed by atoms with van der Waals surface area (Å²) >= 11 is 0. The van der Waals surface area contributed by atoms with E-state index >= 15 is 0 Å². The molecule has 0 saturated heterocycles. The molecular weight excluding hydrogens is 127 g/mol. The number of hydrogen-bond acceptors (Lipinski definition) is 0. The fourth-order valence-electron chi connectivity index (χ4n) is 1.59. The van der Waals surface area contributed by atoms with Crippen molar-refractivity contribution in [3.63, 3.8) is 0 Å². The second-order valence-electron chi connectivity index (χ2n) is 3.14. The van der Waals surface area contributed by atoms with E-state index in [2.05, 4.69) is 13.5 Å². The third-order valence-corrected chi connectivity index (χ3v) is 2.39.